The van der Waals surface area contributed by atoms with Crippen LogP contribution in [0.5, 0.6) is 0 Å². The van der Waals surface area contributed by atoms with Gasteiger partial charge in [-0.3, -0.25) is 0 Å². The fourth-order valence-corrected chi connectivity index (χ4v) is 3.47. The molecule has 0 aromatic heterocycles. The Balaban J connectivity index is 1.75. The van der Waals surface area contributed by atoms with Crippen molar-refractivity contribution in [2.24, 2.45) is 5.92 Å². The fourth-order valence-electron chi connectivity index (χ4n) is 3.47. The summed E-state index contributed by atoms with van der Waals surface area (Å²) in [5.41, 5.74) is 3.44. The van der Waals surface area contributed by atoms with Crippen molar-refractivity contribution in [2.45, 2.75) is 12.0 Å². The minimum absolute atomic E-state index is 0.127. The molecule has 1 unspecified atom stereocenters. The highest BCUT2D eigenvalue weighted by Gasteiger charge is 2.49. The van der Waals surface area contributed by atoms with Crippen molar-refractivity contribution < 1.29 is 5.11 Å². The molecule has 1 fully saturated rings. The first-order valence-corrected chi connectivity index (χ1v) is 8.37. The predicted molar refractivity (Wildman–Crippen MR) is 98.4 cm³/mol. The molecule has 1 N–H and O–H groups in total. The zero-order chi connectivity index (χ0) is 16.4. The van der Waals surface area contributed by atoms with Gasteiger partial charge in [-0.2, -0.15) is 0 Å². The van der Waals surface area contributed by atoms with Gasteiger partial charge in [0.15, 0.2) is 0 Å². The summed E-state index contributed by atoms with van der Waals surface area (Å²) in [6, 6.07) is 30.3. The minimum Gasteiger partial charge on any atom is -0.380 e. The SMILES string of the molecule is OC(c1ccccc1)(c1ccccc1)C1C/C1=C\c1ccccc1. The van der Waals surface area contributed by atoms with E-state index in [2.05, 4.69) is 18.2 Å². The van der Waals surface area contributed by atoms with E-state index in [1.165, 1.54) is 11.1 Å². The molecule has 1 aliphatic carbocycles. The normalized spacial score (nSPS) is 18.5. The minimum atomic E-state index is -0.969. The van der Waals surface area contributed by atoms with E-state index < -0.39 is 5.60 Å². The average molecular weight is 312 g/mol. The van der Waals surface area contributed by atoms with Gasteiger partial charge in [0.2, 0.25) is 0 Å². The topological polar surface area (TPSA) is 20.2 Å². The van der Waals surface area contributed by atoms with E-state index in [-0.39, 0.29) is 5.92 Å². The van der Waals surface area contributed by atoms with Crippen molar-refractivity contribution in [2.75, 3.05) is 0 Å². The standard InChI is InChI=1S/C23H20O/c24-23(20-12-6-2-7-13-20,21-14-8-3-9-15-21)22-17-19(22)16-18-10-4-1-5-11-18/h1-16,22,24H,17H2/b19-16+. The van der Waals surface area contributed by atoms with Crippen LogP contribution in [-0.2, 0) is 5.60 Å². The molecule has 0 amide bonds. The largest absolute Gasteiger partial charge is 0.380 e. The molecule has 4 rings (SSSR count). The number of rotatable bonds is 4. The Hall–Kier alpha value is -2.64. The lowest BCUT2D eigenvalue weighted by Crippen LogP contribution is -2.30. The van der Waals surface area contributed by atoms with Gasteiger partial charge in [-0.1, -0.05) is 103 Å². The second kappa shape index (κ2) is 6.10. The van der Waals surface area contributed by atoms with Crippen molar-refractivity contribution in [3.63, 3.8) is 0 Å². The quantitative estimate of drug-likeness (QED) is 0.716. The van der Waals surface area contributed by atoms with Crippen LogP contribution in [0.2, 0.25) is 0 Å². The van der Waals surface area contributed by atoms with Crippen LogP contribution >= 0.6 is 0 Å². The van der Waals surface area contributed by atoms with Gasteiger partial charge < -0.3 is 5.11 Å². The Bertz CT molecular complexity index is 795. The summed E-state index contributed by atoms with van der Waals surface area (Å²) < 4.78 is 0. The van der Waals surface area contributed by atoms with E-state index in [1.54, 1.807) is 0 Å². The van der Waals surface area contributed by atoms with Gasteiger partial charge in [-0.25, -0.2) is 0 Å². The highest BCUT2D eigenvalue weighted by molar-refractivity contribution is 5.60. The maximum absolute atomic E-state index is 11.7. The number of benzene rings is 3. The lowest BCUT2D eigenvalue weighted by molar-refractivity contribution is 0.0612. The second-order valence-corrected chi connectivity index (χ2v) is 6.39. The van der Waals surface area contributed by atoms with Crippen molar-refractivity contribution >= 4 is 6.08 Å². The molecular weight excluding hydrogens is 292 g/mol. The molecule has 0 heterocycles. The first kappa shape index (κ1) is 14.9. The third kappa shape index (κ3) is 2.68. The molecule has 118 valence electrons. The monoisotopic (exact) mass is 312 g/mol. The highest BCUT2D eigenvalue weighted by atomic mass is 16.3. The molecule has 3 aromatic rings. The van der Waals surface area contributed by atoms with Crippen LogP contribution in [0.3, 0.4) is 0 Å². The van der Waals surface area contributed by atoms with Gasteiger partial charge in [0.1, 0.15) is 5.60 Å². The molecule has 0 radical (unpaired) electrons. The van der Waals surface area contributed by atoms with E-state index in [1.807, 2.05) is 78.9 Å². The van der Waals surface area contributed by atoms with E-state index in [0.29, 0.717) is 0 Å². The first-order valence-electron chi connectivity index (χ1n) is 8.37. The molecule has 0 aliphatic heterocycles. The third-order valence-electron chi connectivity index (χ3n) is 4.81. The van der Waals surface area contributed by atoms with Gasteiger partial charge in [-0.15, -0.1) is 0 Å². The van der Waals surface area contributed by atoms with Crippen LogP contribution in [0.1, 0.15) is 23.1 Å². The lowest BCUT2D eigenvalue weighted by Gasteiger charge is -2.29. The Kier molecular flexibility index (Phi) is 3.79. The third-order valence-corrected chi connectivity index (χ3v) is 4.81. The maximum atomic E-state index is 11.7. The summed E-state index contributed by atoms with van der Waals surface area (Å²) in [7, 11) is 0. The lowest BCUT2D eigenvalue weighted by atomic mass is 9.82. The van der Waals surface area contributed by atoms with Crippen LogP contribution in [0, 0.1) is 5.92 Å². The summed E-state index contributed by atoms with van der Waals surface area (Å²) in [4.78, 5) is 0. The molecule has 0 saturated heterocycles. The highest BCUT2D eigenvalue weighted by Crippen LogP contribution is 2.54. The van der Waals surface area contributed by atoms with Gasteiger partial charge in [0.05, 0.1) is 0 Å². The molecular formula is C23H20O. The van der Waals surface area contributed by atoms with Crippen molar-refractivity contribution in [3.8, 4) is 0 Å². The Labute approximate surface area is 142 Å². The van der Waals surface area contributed by atoms with Crippen molar-refractivity contribution in [3.05, 3.63) is 113 Å². The molecule has 1 atom stereocenters. The van der Waals surface area contributed by atoms with E-state index >= 15 is 0 Å². The molecule has 0 bridgehead atoms. The maximum Gasteiger partial charge on any atom is 0.121 e. The number of hydrogen-bond donors (Lipinski definition) is 1. The van der Waals surface area contributed by atoms with Gasteiger partial charge in [-0.05, 0) is 23.1 Å². The molecule has 24 heavy (non-hydrogen) atoms. The van der Waals surface area contributed by atoms with Gasteiger partial charge >= 0.3 is 0 Å². The van der Waals surface area contributed by atoms with E-state index in [4.69, 9.17) is 0 Å². The van der Waals surface area contributed by atoms with Crippen LogP contribution in [0.25, 0.3) is 6.08 Å². The Morgan fingerprint density at radius 2 is 1.17 bits per heavy atom. The molecule has 1 saturated carbocycles. The molecule has 1 nitrogen and oxygen atoms in total. The van der Waals surface area contributed by atoms with Crippen LogP contribution in [-0.4, -0.2) is 5.11 Å². The van der Waals surface area contributed by atoms with Crippen LogP contribution < -0.4 is 0 Å². The average Bonchev–Trinajstić information content (AvgIpc) is 3.43. The van der Waals surface area contributed by atoms with Gasteiger partial charge in [0.25, 0.3) is 0 Å². The number of hydrogen-bond acceptors (Lipinski definition) is 1. The molecule has 3 aromatic carbocycles. The summed E-state index contributed by atoms with van der Waals surface area (Å²) in [5.74, 6) is 0.127. The summed E-state index contributed by atoms with van der Waals surface area (Å²) in [6.45, 7) is 0. The summed E-state index contributed by atoms with van der Waals surface area (Å²) in [5, 5.41) is 11.7. The van der Waals surface area contributed by atoms with Crippen LogP contribution in [0.15, 0.2) is 96.6 Å². The summed E-state index contributed by atoms with van der Waals surface area (Å²) >= 11 is 0. The van der Waals surface area contributed by atoms with Crippen LogP contribution in [0.4, 0.5) is 0 Å². The smallest absolute Gasteiger partial charge is 0.121 e. The van der Waals surface area contributed by atoms with E-state index in [0.717, 1.165) is 17.5 Å². The first-order chi connectivity index (χ1) is 11.8. The zero-order valence-electron chi connectivity index (χ0n) is 13.5. The van der Waals surface area contributed by atoms with Crippen molar-refractivity contribution in [1.29, 1.82) is 0 Å². The predicted octanol–water partition coefficient (Wildman–Crippen LogP) is 5.03. The molecule has 1 aliphatic rings. The Morgan fingerprint density at radius 3 is 1.67 bits per heavy atom. The fraction of sp³-hybridized carbons (Fsp3) is 0.130. The summed E-state index contributed by atoms with van der Waals surface area (Å²) in [6.07, 6.45) is 3.14. The van der Waals surface area contributed by atoms with Crippen molar-refractivity contribution in [1.82, 2.24) is 0 Å². The zero-order valence-corrected chi connectivity index (χ0v) is 13.5. The molecule has 0 spiro atoms. The Morgan fingerprint density at radius 1 is 0.708 bits per heavy atom. The second-order valence-electron chi connectivity index (χ2n) is 6.39. The number of aliphatic hydroxyl groups is 1. The van der Waals surface area contributed by atoms with E-state index in [9.17, 15) is 5.11 Å². The van der Waals surface area contributed by atoms with Gasteiger partial charge in [0, 0.05) is 5.92 Å². The molecule has 1 heteroatoms.